The van der Waals surface area contributed by atoms with Gasteiger partial charge >= 0.3 is 5.97 Å². The van der Waals surface area contributed by atoms with Gasteiger partial charge in [-0.25, -0.2) is 0 Å². The Morgan fingerprint density at radius 3 is 2.43 bits per heavy atom. The molecule has 124 valence electrons. The van der Waals surface area contributed by atoms with Gasteiger partial charge in [-0.15, -0.1) is 0 Å². The van der Waals surface area contributed by atoms with Crippen molar-refractivity contribution in [1.29, 1.82) is 0 Å². The molecule has 1 aliphatic rings. The number of carbonyl (C=O) groups excluding carboxylic acids is 1. The van der Waals surface area contributed by atoms with Gasteiger partial charge in [0.15, 0.2) is 6.79 Å². The molecular weight excluding hydrogens is 268 g/mol. The van der Waals surface area contributed by atoms with E-state index < -0.39 is 6.10 Å². The quantitative estimate of drug-likeness (QED) is 0.577. The van der Waals surface area contributed by atoms with E-state index in [4.69, 9.17) is 9.47 Å². The summed E-state index contributed by atoms with van der Waals surface area (Å²) in [6, 6.07) is 0. The van der Waals surface area contributed by atoms with Gasteiger partial charge in [0, 0.05) is 0 Å². The van der Waals surface area contributed by atoms with E-state index in [-0.39, 0.29) is 30.7 Å². The zero-order valence-corrected chi connectivity index (χ0v) is 14.2. The highest BCUT2D eigenvalue weighted by Crippen LogP contribution is 2.42. The second kappa shape index (κ2) is 8.14. The van der Waals surface area contributed by atoms with Crippen LogP contribution in [0.25, 0.3) is 0 Å². The smallest absolute Gasteiger partial charge is 0.310 e. The summed E-state index contributed by atoms with van der Waals surface area (Å²) in [6.07, 6.45) is 3.92. The number of rotatable bonds is 7. The van der Waals surface area contributed by atoms with Crippen molar-refractivity contribution in [2.45, 2.75) is 78.4 Å². The Labute approximate surface area is 129 Å². The van der Waals surface area contributed by atoms with Gasteiger partial charge in [-0.05, 0) is 51.4 Å². The van der Waals surface area contributed by atoms with E-state index in [1.807, 2.05) is 20.8 Å². The van der Waals surface area contributed by atoms with Crippen LogP contribution in [0.5, 0.6) is 0 Å². The zero-order chi connectivity index (χ0) is 16.0. The van der Waals surface area contributed by atoms with Crippen LogP contribution in [0, 0.1) is 17.8 Å². The van der Waals surface area contributed by atoms with E-state index in [1.165, 1.54) is 6.42 Å². The number of hydrogen-bond acceptors (Lipinski definition) is 4. The third kappa shape index (κ3) is 6.35. The van der Waals surface area contributed by atoms with Crippen LogP contribution in [-0.2, 0) is 14.3 Å². The first-order valence-electron chi connectivity index (χ1n) is 8.24. The maximum absolute atomic E-state index is 11.8. The molecule has 4 nitrogen and oxygen atoms in total. The van der Waals surface area contributed by atoms with Gasteiger partial charge in [0.2, 0.25) is 0 Å². The Bertz CT molecular complexity index is 321. The lowest BCUT2D eigenvalue weighted by Gasteiger charge is -2.24. The van der Waals surface area contributed by atoms with Crippen LogP contribution >= 0.6 is 0 Å². The molecule has 0 heterocycles. The Balaban J connectivity index is 2.38. The van der Waals surface area contributed by atoms with Gasteiger partial charge in [0.1, 0.15) is 0 Å². The maximum Gasteiger partial charge on any atom is 0.310 e. The molecule has 0 saturated heterocycles. The average Bonchev–Trinajstić information content (AvgIpc) is 2.80. The molecule has 21 heavy (non-hydrogen) atoms. The summed E-state index contributed by atoms with van der Waals surface area (Å²) in [7, 11) is 0. The highest BCUT2D eigenvalue weighted by atomic mass is 16.7. The number of esters is 1. The molecule has 0 amide bonds. The first-order chi connectivity index (χ1) is 9.76. The van der Waals surface area contributed by atoms with Crippen LogP contribution < -0.4 is 0 Å². The van der Waals surface area contributed by atoms with Crippen LogP contribution in [0.1, 0.15) is 66.7 Å². The van der Waals surface area contributed by atoms with Crippen LogP contribution in [0.15, 0.2) is 0 Å². The topological polar surface area (TPSA) is 55.8 Å². The molecule has 1 saturated carbocycles. The molecule has 4 heteroatoms. The second-order valence-electron chi connectivity index (χ2n) is 7.24. The van der Waals surface area contributed by atoms with Crippen molar-refractivity contribution >= 4 is 5.97 Å². The molecule has 1 fully saturated rings. The van der Waals surface area contributed by atoms with Crippen molar-refractivity contribution in [2.24, 2.45) is 17.8 Å². The standard InChI is InChI=1S/C17H32O4/c1-6-12-8-13(7-2)14(9-12)15(18)10-16(19)20-11-21-17(3,4)5/h12-15,18H,6-11H2,1-5H3. The third-order valence-electron chi connectivity index (χ3n) is 4.53. The summed E-state index contributed by atoms with van der Waals surface area (Å²) < 4.78 is 10.4. The monoisotopic (exact) mass is 300 g/mol. The van der Waals surface area contributed by atoms with Crippen LogP contribution in [0.2, 0.25) is 0 Å². The Morgan fingerprint density at radius 2 is 1.90 bits per heavy atom. The fraction of sp³-hybridized carbons (Fsp3) is 0.941. The molecule has 0 aromatic carbocycles. The van der Waals surface area contributed by atoms with E-state index in [0.29, 0.717) is 11.8 Å². The summed E-state index contributed by atoms with van der Waals surface area (Å²) >= 11 is 0. The van der Waals surface area contributed by atoms with Crippen molar-refractivity contribution < 1.29 is 19.4 Å². The summed E-state index contributed by atoms with van der Waals surface area (Å²) in [6.45, 7) is 10.0. The minimum absolute atomic E-state index is 0.0471. The fourth-order valence-electron chi connectivity index (χ4n) is 3.20. The lowest BCUT2D eigenvalue weighted by molar-refractivity contribution is -0.169. The highest BCUT2D eigenvalue weighted by molar-refractivity contribution is 5.69. The number of carbonyl (C=O) groups is 1. The maximum atomic E-state index is 11.8. The van der Waals surface area contributed by atoms with Gasteiger partial charge < -0.3 is 14.6 Å². The normalized spacial score (nSPS) is 27.6. The number of aliphatic hydroxyl groups is 1. The van der Waals surface area contributed by atoms with Gasteiger partial charge in [-0.1, -0.05) is 26.7 Å². The summed E-state index contributed by atoms with van der Waals surface area (Å²) in [4.78, 5) is 11.8. The molecule has 4 atom stereocenters. The average molecular weight is 300 g/mol. The molecule has 0 aliphatic heterocycles. The predicted molar refractivity (Wildman–Crippen MR) is 82.7 cm³/mol. The molecule has 0 bridgehead atoms. The van der Waals surface area contributed by atoms with Crippen molar-refractivity contribution in [2.75, 3.05) is 6.79 Å². The zero-order valence-electron chi connectivity index (χ0n) is 14.2. The second-order valence-corrected chi connectivity index (χ2v) is 7.24. The number of hydrogen-bond donors (Lipinski definition) is 1. The first-order valence-corrected chi connectivity index (χ1v) is 8.24. The van der Waals surface area contributed by atoms with E-state index in [1.54, 1.807) is 0 Å². The third-order valence-corrected chi connectivity index (χ3v) is 4.53. The highest BCUT2D eigenvalue weighted by Gasteiger charge is 2.37. The molecule has 1 N–H and O–H groups in total. The van der Waals surface area contributed by atoms with Crippen molar-refractivity contribution in [1.82, 2.24) is 0 Å². The molecule has 1 rings (SSSR count). The molecule has 0 aromatic rings. The van der Waals surface area contributed by atoms with Crippen molar-refractivity contribution in [3.05, 3.63) is 0 Å². The van der Waals surface area contributed by atoms with E-state index in [9.17, 15) is 9.90 Å². The minimum atomic E-state index is -0.589. The largest absolute Gasteiger partial charge is 0.438 e. The Kier molecular flexibility index (Phi) is 7.14. The van der Waals surface area contributed by atoms with Crippen molar-refractivity contribution in [3.8, 4) is 0 Å². The lowest BCUT2D eigenvalue weighted by Crippen LogP contribution is -2.28. The molecule has 0 radical (unpaired) electrons. The van der Waals surface area contributed by atoms with Gasteiger partial charge in [0.05, 0.1) is 18.1 Å². The Hall–Kier alpha value is -0.610. The van der Waals surface area contributed by atoms with Gasteiger partial charge in [-0.3, -0.25) is 4.79 Å². The van der Waals surface area contributed by atoms with E-state index >= 15 is 0 Å². The summed E-state index contributed by atoms with van der Waals surface area (Å²) in [5, 5.41) is 10.4. The van der Waals surface area contributed by atoms with Crippen LogP contribution in [0.3, 0.4) is 0 Å². The van der Waals surface area contributed by atoms with Gasteiger partial charge in [-0.2, -0.15) is 0 Å². The number of ether oxygens (including phenoxy) is 2. The Morgan fingerprint density at radius 1 is 1.24 bits per heavy atom. The summed E-state index contributed by atoms with van der Waals surface area (Å²) in [5.74, 6) is 1.08. The molecule has 1 aliphatic carbocycles. The minimum Gasteiger partial charge on any atom is -0.438 e. The molecule has 0 aromatic heterocycles. The van der Waals surface area contributed by atoms with Crippen LogP contribution in [-0.4, -0.2) is 29.6 Å². The van der Waals surface area contributed by atoms with Crippen LogP contribution in [0.4, 0.5) is 0 Å². The predicted octanol–water partition coefficient (Wildman–Crippen LogP) is 3.52. The number of aliphatic hydroxyl groups excluding tert-OH is 1. The SMILES string of the molecule is CCC1CC(CC)C(C(O)CC(=O)OCOC(C)(C)C)C1. The molecule has 0 spiro atoms. The fourth-order valence-corrected chi connectivity index (χ4v) is 3.20. The van der Waals surface area contributed by atoms with Gasteiger partial charge in [0.25, 0.3) is 0 Å². The van der Waals surface area contributed by atoms with E-state index in [0.717, 1.165) is 19.3 Å². The summed E-state index contributed by atoms with van der Waals surface area (Å²) in [5.41, 5.74) is -0.327. The molecule has 4 unspecified atom stereocenters. The first kappa shape index (κ1) is 18.4. The van der Waals surface area contributed by atoms with Crippen molar-refractivity contribution in [3.63, 3.8) is 0 Å². The molecular formula is C17H32O4. The van der Waals surface area contributed by atoms with E-state index in [2.05, 4.69) is 13.8 Å². The lowest BCUT2D eigenvalue weighted by atomic mass is 9.87.